The first-order chi connectivity index (χ1) is 13.2. The third kappa shape index (κ3) is 5.17. The van der Waals surface area contributed by atoms with E-state index in [1.54, 1.807) is 6.92 Å². The maximum atomic E-state index is 12.5. The molecule has 6 heteroatoms. The summed E-state index contributed by atoms with van der Waals surface area (Å²) in [7, 11) is 0. The standard InChI is InChI=1S/C21H26N2O3S/c1-2-26-21(25)19-16-11-7-4-8-12-17(16)27-20(19)23-18(24)14-22-13-15-9-5-3-6-10-15/h3,5-6,9-10,22H,2,4,7-8,11-14H2,1H3,(H,23,24). The highest BCUT2D eigenvalue weighted by atomic mass is 32.1. The predicted molar refractivity (Wildman–Crippen MR) is 108 cm³/mol. The van der Waals surface area contributed by atoms with Crippen molar-refractivity contribution in [2.45, 2.75) is 45.6 Å². The van der Waals surface area contributed by atoms with Gasteiger partial charge in [0.25, 0.3) is 0 Å². The summed E-state index contributed by atoms with van der Waals surface area (Å²) in [4.78, 5) is 26.1. The van der Waals surface area contributed by atoms with E-state index in [2.05, 4.69) is 10.6 Å². The zero-order chi connectivity index (χ0) is 19.1. The van der Waals surface area contributed by atoms with Gasteiger partial charge in [-0.2, -0.15) is 0 Å². The van der Waals surface area contributed by atoms with Gasteiger partial charge in [0.2, 0.25) is 5.91 Å². The molecule has 0 spiro atoms. The summed E-state index contributed by atoms with van der Waals surface area (Å²) >= 11 is 1.53. The van der Waals surface area contributed by atoms with Gasteiger partial charge in [-0.1, -0.05) is 36.8 Å². The van der Waals surface area contributed by atoms with Crippen LogP contribution in [0, 0.1) is 0 Å². The quantitative estimate of drug-likeness (QED) is 0.559. The van der Waals surface area contributed by atoms with Crippen molar-refractivity contribution in [1.82, 2.24) is 5.32 Å². The van der Waals surface area contributed by atoms with Crippen LogP contribution in [-0.4, -0.2) is 25.0 Å². The normalized spacial score (nSPS) is 13.5. The molecule has 2 N–H and O–H groups in total. The van der Waals surface area contributed by atoms with E-state index in [9.17, 15) is 9.59 Å². The molecule has 1 heterocycles. The smallest absolute Gasteiger partial charge is 0.341 e. The Balaban J connectivity index is 1.67. The molecule has 0 aliphatic heterocycles. The molecule has 1 aromatic heterocycles. The van der Waals surface area contributed by atoms with E-state index < -0.39 is 0 Å². The van der Waals surface area contributed by atoms with Crippen molar-refractivity contribution in [3.63, 3.8) is 0 Å². The third-order valence-corrected chi connectivity index (χ3v) is 5.82. The molecule has 27 heavy (non-hydrogen) atoms. The zero-order valence-electron chi connectivity index (χ0n) is 15.7. The molecule has 0 saturated heterocycles. The van der Waals surface area contributed by atoms with Crippen LogP contribution in [-0.2, 0) is 28.9 Å². The van der Waals surface area contributed by atoms with Gasteiger partial charge in [0.1, 0.15) is 5.00 Å². The minimum atomic E-state index is -0.329. The lowest BCUT2D eigenvalue weighted by molar-refractivity contribution is -0.115. The molecule has 1 aliphatic rings. The van der Waals surface area contributed by atoms with Gasteiger partial charge in [0.05, 0.1) is 18.7 Å². The van der Waals surface area contributed by atoms with Gasteiger partial charge in [-0.3, -0.25) is 4.79 Å². The molecule has 0 bridgehead atoms. The van der Waals surface area contributed by atoms with Crippen LogP contribution in [0.2, 0.25) is 0 Å². The topological polar surface area (TPSA) is 67.4 Å². The van der Waals surface area contributed by atoms with Crippen LogP contribution in [0.15, 0.2) is 30.3 Å². The summed E-state index contributed by atoms with van der Waals surface area (Å²) in [6.07, 6.45) is 5.22. The fourth-order valence-electron chi connectivity index (χ4n) is 3.34. The highest BCUT2D eigenvalue weighted by Crippen LogP contribution is 2.37. The SMILES string of the molecule is CCOC(=O)c1c(NC(=O)CNCc2ccccc2)sc2c1CCCCC2. The fourth-order valence-corrected chi connectivity index (χ4v) is 4.63. The van der Waals surface area contributed by atoms with Crippen molar-refractivity contribution in [2.24, 2.45) is 0 Å². The molecule has 3 rings (SSSR count). The number of aryl methyl sites for hydroxylation is 1. The number of hydrogen-bond acceptors (Lipinski definition) is 5. The number of rotatable bonds is 7. The van der Waals surface area contributed by atoms with Crippen molar-refractivity contribution in [3.8, 4) is 0 Å². The summed E-state index contributed by atoms with van der Waals surface area (Å²) in [5, 5.41) is 6.71. The molecule has 0 radical (unpaired) electrons. The van der Waals surface area contributed by atoms with Crippen molar-refractivity contribution in [1.29, 1.82) is 0 Å². The van der Waals surface area contributed by atoms with Crippen LogP contribution >= 0.6 is 11.3 Å². The number of anilines is 1. The highest BCUT2D eigenvalue weighted by Gasteiger charge is 2.26. The molecule has 5 nitrogen and oxygen atoms in total. The van der Waals surface area contributed by atoms with E-state index in [0.29, 0.717) is 23.7 Å². The molecule has 0 unspecified atom stereocenters. The molecule has 0 saturated carbocycles. The van der Waals surface area contributed by atoms with Crippen molar-refractivity contribution in [3.05, 3.63) is 51.9 Å². The number of thiophene rings is 1. The number of carbonyl (C=O) groups is 2. The van der Waals surface area contributed by atoms with Gasteiger partial charge in [-0.15, -0.1) is 11.3 Å². The van der Waals surface area contributed by atoms with Gasteiger partial charge in [0, 0.05) is 11.4 Å². The molecule has 1 aliphatic carbocycles. The lowest BCUT2D eigenvalue weighted by atomic mass is 10.1. The first-order valence-electron chi connectivity index (χ1n) is 9.55. The molecule has 0 fully saturated rings. The zero-order valence-corrected chi connectivity index (χ0v) is 16.5. The van der Waals surface area contributed by atoms with Crippen LogP contribution < -0.4 is 10.6 Å². The third-order valence-electron chi connectivity index (χ3n) is 4.61. The van der Waals surface area contributed by atoms with Gasteiger partial charge in [0.15, 0.2) is 0 Å². The van der Waals surface area contributed by atoms with E-state index >= 15 is 0 Å². The van der Waals surface area contributed by atoms with E-state index in [-0.39, 0.29) is 18.4 Å². The van der Waals surface area contributed by atoms with Crippen LogP contribution in [0.3, 0.4) is 0 Å². The number of fused-ring (bicyclic) bond motifs is 1. The lowest BCUT2D eigenvalue weighted by Gasteiger charge is -2.09. The highest BCUT2D eigenvalue weighted by molar-refractivity contribution is 7.17. The number of amides is 1. The summed E-state index contributed by atoms with van der Waals surface area (Å²) < 4.78 is 5.26. The summed E-state index contributed by atoms with van der Waals surface area (Å²) in [6, 6.07) is 9.94. The van der Waals surface area contributed by atoms with E-state index in [0.717, 1.165) is 36.8 Å². The van der Waals surface area contributed by atoms with Gasteiger partial charge in [-0.05, 0) is 43.7 Å². The molecular formula is C21H26N2O3S. The first kappa shape index (κ1) is 19.6. The van der Waals surface area contributed by atoms with E-state index in [1.165, 1.54) is 22.6 Å². The van der Waals surface area contributed by atoms with Crippen molar-refractivity contribution >= 4 is 28.2 Å². The maximum absolute atomic E-state index is 12.5. The van der Waals surface area contributed by atoms with Gasteiger partial charge >= 0.3 is 5.97 Å². The summed E-state index contributed by atoms with van der Waals surface area (Å²) in [5.74, 6) is -0.475. The summed E-state index contributed by atoms with van der Waals surface area (Å²) in [5.41, 5.74) is 2.76. The first-order valence-corrected chi connectivity index (χ1v) is 10.4. The molecule has 1 aromatic carbocycles. The fraction of sp³-hybridized carbons (Fsp3) is 0.429. The summed E-state index contributed by atoms with van der Waals surface area (Å²) in [6.45, 7) is 2.95. The Morgan fingerprint density at radius 2 is 1.89 bits per heavy atom. The predicted octanol–water partition coefficient (Wildman–Crippen LogP) is 3.92. The Bertz CT molecular complexity index is 786. The number of esters is 1. The monoisotopic (exact) mass is 386 g/mol. The lowest BCUT2D eigenvalue weighted by Crippen LogP contribution is -2.28. The average Bonchev–Trinajstić information content (AvgIpc) is 2.83. The minimum absolute atomic E-state index is 0.145. The molecule has 2 aromatic rings. The van der Waals surface area contributed by atoms with Crippen molar-refractivity contribution < 1.29 is 14.3 Å². The van der Waals surface area contributed by atoms with Crippen molar-refractivity contribution in [2.75, 3.05) is 18.5 Å². The van der Waals surface area contributed by atoms with Crippen LogP contribution in [0.5, 0.6) is 0 Å². The van der Waals surface area contributed by atoms with Crippen LogP contribution in [0.1, 0.15) is 52.5 Å². The second-order valence-electron chi connectivity index (χ2n) is 6.63. The average molecular weight is 387 g/mol. The van der Waals surface area contributed by atoms with Crippen LogP contribution in [0.25, 0.3) is 0 Å². The van der Waals surface area contributed by atoms with E-state index in [4.69, 9.17) is 4.74 Å². The van der Waals surface area contributed by atoms with Gasteiger partial charge in [-0.25, -0.2) is 4.79 Å². The largest absolute Gasteiger partial charge is 0.462 e. The number of nitrogens with one attached hydrogen (secondary N) is 2. The number of ether oxygens (including phenoxy) is 1. The Labute approximate surface area is 164 Å². The molecule has 0 atom stereocenters. The Hall–Kier alpha value is -2.18. The van der Waals surface area contributed by atoms with E-state index in [1.807, 2.05) is 30.3 Å². The van der Waals surface area contributed by atoms with Crippen LogP contribution in [0.4, 0.5) is 5.00 Å². The number of benzene rings is 1. The number of hydrogen-bond donors (Lipinski definition) is 2. The Morgan fingerprint density at radius 3 is 2.67 bits per heavy atom. The molecule has 1 amide bonds. The minimum Gasteiger partial charge on any atom is -0.462 e. The molecular weight excluding hydrogens is 360 g/mol. The molecule has 144 valence electrons. The van der Waals surface area contributed by atoms with Gasteiger partial charge < -0.3 is 15.4 Å². The second-order valence-corrected chi connectivity index (χ2v) is 7.73. The number of carbonyl (C=O) groups excluding carboxylic acids is 2. The second kappa shape index (κ2) is 9.67. The maximum Gasteiger partial charge on any atom is 0.341 e. The Kier molecular flexibility index (Phi) is 7.01. The Morgan fingerprint density at radius 1 is 1.11 bits per heavy atom.